The van der Waals surface area contributed by atoms with Gasteiger partial charge in [0.2, 0.25) is 0 Å². The molecule has 0 saturated carbocycles. The van der Waals surface area contributed by atoms with Gasteiger partial charge in [-0.05, 0) is 30.7 Å². The Bertz CT molecular complexity index is 450. The van der Waals surface area contributed by atoms with Crippen LogP contribution in [0, 0.1) is 6.92 Å². The molecule has 0 aliphatic heterocycles. The second-order valence-corrected chi connectivity index (χ2v) is 3.06. The number of H-pyrrole nitrogens is 1. The van der Waals surface area contributed by atoms with Crippen molar-refractivity contribution in [1.82, 2.24) is 4.98 Å². The van der Waals surface area contributed by atoms with Crippen molar-refractivity contribution in [1.29, 1.82) is 0 Å². The Labute approximate surface area is 79.5 Å². The van der Waals surface area contributed by atoms with Gasteiger partial charge in [-0.3, -0.25) is 0 Å². The summed E-state index contributed by atoms with van der Waals surface area (Å²) in [7, 11) is 0. The van der Waals surface area contributed by atoms with E-state index in [0.717, 1.165) is 16.5 Å². The van der Waals surface area contributed by atoms with E-state index in [-0.39, 0.29) is 5.75 Å². The number of alkyl halides is 2. The van der Waals surface area contributed by atoms with Gasteiger partial charge in [0.15, 0.2) is 0 Å². The SMILES string of the molecule is Cc1cc(OC(F)F)cc2cc[nH]c12. The number of aromatic amines is 1. The third-order valence-electron chi connectivity index (χ3n) is 2.06. The Kier molecular flexibility index (Phi) is 2.11. The van der Waals surface area contributed by atoms with Crippen LogP contribution in [-0.4, -0.2) is 11.6 Å². The van der Waals surface area contributed by atoms with Gasteiger partial charge in [0, 0.05) is 17.1 Å². The third-order valence-corrected chi connectivity index (χ3v) is 2.06. The number of ether oxygens (including phenoxy) is 1. The average Bonchev–Trinajstić information content (AvgIpc) is 2.50. The molecule has 0 saturated heterocycles. The average molecular weight is 197 g/mol. The van der Waals surface area contributed by atoms with Gasteiger partial charge in [-0.1, -0.05) is 0 Å². The molecule has 14 heavy (non-hydrogen) atoms. The van der Waals surface area contributed by atoms with Gasteiger partial charge in [-0.2, -0.15) is 8.78 Å². The lowest BCUT2D eigenvalue weighted by atomic mass is 10.1. The molecule has 1 aromatic heterocycles. The monoisotopic (exact) mass is 197 g/mol. The number of rotatable bonds is 2. The normalized spacial score (nSPS) is 11.1. The molecule has 0 aliphatic carbocycles. The summed E-state index contributed by atoms with van der Waals surface area (Å²) in [6.07, 6.45) is 1.77. The second-order valence-electron chi connectivity index (χ2n) is 3.06. The largest absolute Gasteiger partial charge is 0.435 e. The maximum atomic E-state index is 11.9. The van der Waals surface area contributed by atoms with Gasteiger partial charge in [0.05, 0.1) is 0 Å². The Hall–Kier alpha value is -1.58. The van der Waals surface area contributed by atoms with E-state index in [1.165, 1.54) is 0 Å². The van der Waals surface area contributed by atoms with E-state index >= 15 is 0 Å². The molecular formula is C10H9F2NO. The molecule has 2 nitrogen and oxygen atoms in total. The minimum atomic E-state index is -2.77. The molecule has 1 aromatic carbocycles. The summed E-state index contributed by atoms with van der Waals surface area (Å²) in [6.45, 7) is -0.928. The molecule has 1 N–H and O–H groups in total. The second kappa shape index (κ2) is 3.29. The number of hydrogen-bond acceptors (Lipinski definition) is 1. The Balaban J connectivity index is 2.47. The van der Waals surface area contributed by atoms with Gasteiger partial charge in [0.1, 0.15) is 5.75 Å². The van der Waals surface area contributed by atoms with Crippen molar-refractivity contribution in [3.63, 3.8) is 0 Å². The highest BCUT2D eigenvalue weighted by Gasteiger charge is 2.07. The maximum Gasteiger partial charge on any atom is 0.387 e. The highest BCUT2D eigenvalue weighted by molar-refractivity contribution is 5.83. The first-order valence-electron chi connectivity index (χ1n) is 4.19. The molecule has 0 unspecified atom stereocenters. The van der Waals surface area contributed by atoms with Gasteiger partial charge in [-0.25, -0.2) is 0 Å². The van der Waals surface area contributed by atoms with Gasteiger partial charge >= 0.3 is 6.61 Å². The number of fused-ring (bicyclic) bond motifs is 1. The van der Waals surface area contributed by atoms with Crippen molar-refractivity contribution in [3.05, 3.63) is 30.0 Å². The van der Waals surface area contributed by atoms with Crippen LogP contribution in [0.15, 0.2) is 24.4 Å². The van der Waals surface area contributed by atoms with Crippen LogP contribution in [0.3, 0.4) is 0 Å². The molecule has 2 aromatic rings. The van der Waals surface area contributed by atoms with Crippen LogP contribution in [0.1, 0.15) is 5.56 Å². The molecule has 74 valence electrons. The number of benzene rings is 1. The Morgan fingerprint density at radius 1 is 1.36 bits per heavy atom. The molecule has 0 fully saturated rings. The molecule has 0 aliphatic rings. The lowest BCUT2D eigenvalue weighted by Crippen LogP contribution is -2.01. The summed E-state index contributed by atoms with van der Waals surface area (Å²) in [5, 5.41) is 0.876. The zero-order chi connectivity index (χ0) is 10.1. The van der Waals surface area contributed by atoms with Crippen molar-refractivity contribution >= 4 is 10.9 Å². The van der Waals surface area contributed by atoms with Crippen LogP contribution < -0.4 is 4.74 Å². The highest BCUT2D eigenvalue weighted by Crippen LogP contribution is 2.24. The van der Waals surface area contributed by atoms with Gasteiger partial charge in [0.25, 0.3) is 0 Å². The molecule has 0 amide bonds. The molecule has 0 spiro atoms. The number of nitrogens with one attached hydrogen (secondary N) is 1. The fraction of sp³-hybridized carbons (Fsp3) is 0.200. The van der Waals surface area contributed by atoms with E-state index in [4.69, 9.17) is 0 Å². The predicted octanol–water partition coefficient (Wildman–Crippen LogP) is 3.08. The summed E-state index contributed by atoms with van der Waals surface area (Å²) >= 11 is 0. The van der Waals surface area contributed by atoms with Gasteiger partial charge in [-0.15, -0.1) is 0 Å². The fourth-order valence-electron chi connectivity index (χ4n) is 1.49. The number of hydrogen-bond donors (Lipinski definition) is 1. The summed E-state index contributed by atoms with van der Waals surface area (Å²) in [5.41, 5.74) is 1.84. The van der Waals surface area contributed by atoms with E-state index in [1.54, 1.807) is 18.3 Å². The molecule has 1 heterocycles. The summed E-state index contributed by atoms with van der Waals surface area (Å²) in [6, 6.07) is 5.00. The van der Waals surface area contributed by atoms with Crippen LogP contribution >= 0.6 is 0 Å². The Morgan fingerprint density at radius 2 is 2.14 bits per heavy atom. The third kappa shape index (κ3) is 1.55. The molecule has 0 atom stereocenters. The molecule has 0 bridgehead atoms. The van der Waals surface area contributed by atoms with Crippen molar-refractivity contribution in [2.75, 3.05) is 0 Å². The van der Waals surface area contributed by atoms with Crippen LogP contribution in [0.25, 0.3) is 10.9 Å². The topological polar surface area (TPSA) is 25.0 Å². The first-order valence-corrected chi connectivity index (χ1v) is 4.19. The number of aromatic nitrogens is 1. The first-order chi connectivity index (χ1) is 6.66. The van der Waals surface area contributed by atoms with Crippen molar-refractivity contribution in [2.24, 2.45) is 0 Å². The van der Waals surface area contributed by atoms with Crippen molar-refractivity contribution < 1.29 is 13.5 Å². The molecular weight excluding hydrogens is 188 g/mol. The quantitative estimate of drug-likeness (QED) is 0.786. The number of halogens is 2. The minimum Gasteiger partial charge on any atom is -0.435 e. The molecule has 4 heteroatoms. The first kappa shape index (κ1) is 8.99. The van der Waals surface area contributed by atoms with Crippen LogP contribution in [0.5, 0.6) is 5.75 Å². The smallest absolute Gasteiger partial charge is 0.387 e. The zero-order valence-corrected chi connectivity index (χ0v) is 7.55. The summed E-state index contributed by atoms with van der Waals surface area (Å²) in [5.74, 6) is 0.199. The van der Waals surface area contributed by atoms with Gasteiger partial charge < -0.3 is 9.72 Å². The minimum absolute atomic E-state index is 0.199. The van der Waals surface area contributed by atoms with Crippen molar-refractivity contribution in [2.45, 2.75) is 13.5 Å². The lowest BCUT2D eigenvalue weighted by molar-refractivity contribution is -0.0497. The summed E-state index contributed by atoms with van der Waals surface area (Å²) in [4.78, 5) is 3.03. The van der Waals surface area contributed by atoms with E-state index < -0.39 is 6.61 Å². The standard InChI is InChI=1S/C10H9F2NO/c1-6-4-8(14-10(11)12)5-7-2-3-13-9(6)7/h2-5,10,13H,1H3. The molecule has 0 radical (unpaired) electrons. The van der Waals surface area contributed by atoms with E-state index in [2.05, 4.69) is 9.72 Å². The number of aryl methyl sites for hydroxylation is 1. The van der Waals surface area contributed by atoms with E-state index in [9.17, 15) is 8.78 Å². The van der Waals surface area contributed by atoms with E-state index in [0.29, 0.717) is 0 Å². The molecule has 2 rings (SSSR count). The predicted molar refractivity (Wildman–Crippen MR) is 49.7 cm³/mol. The maximum absolute atomic E-state index is 11.9. The summed E-state index contributed by atoms with van der Waals surface area (Å²) < 4.78 is 28.2. The van der Waals surface area contributed by atoms with Crippen LogP contribution in [-0.2, 0) is 0 Å². The lowest BCUT2D eigenvalue weighted by Gasteiger charge is -2.05. The van der Waals surface area contributed by atoms with Crippen molar-refractivity contribution in [3.8, 4) is 5.75 Å². The Morgan fingerprint density at radius 3 is 2.86 bits per heavy atom. The van der Waals surface area contributed by atoms with Crippen LogP contribution in [0.4, 0.5) is 8.78 Å². The zero-order valence-electron chi connectivity index (χ0n) is 7.55. The highest BCUT2D eigenvalue weighted by atomic mass is 19.3. The fourth-order valence-corrected chi connectivity index (χ4v) is 1.49. The van der Waals surface area contributed by atoms with Crippen LogP contribution in [0.2, 0.25) is 0 Å². The van der Waals surface area contributed by atoms with E-state index in [1.807, 2.05) is 13.0 Å².